The third kappa shape index (κ3) is 2.90. The van der Waals surface area contributed by atoms with Gasteiger partial charge in [-0.15, -0.1) is 11.3 Å². The monoisotopic (exact) mass is 325 g/mol. The molecule has 1 atom stereocenters. The topological polar surface area (TPSA) is 37.8 Å². The zero-order valence-corrected chi connectivity index (χ0v) is 13.3. The Morgan fingerprint density at radius 3 is 2.61 bits per heavy atom. The van der Waals surface area contributed by atoms with E-state index < -0.39 is 0 Å². The van der Waals surface area contributed by atoms with Crippen molar-refractivity contribution in [2.45, 2.75) is 33.7 Å². The van der Waals surface area contributed by atoms with Crippen molar-refractivity contribution in [2.75, 3.05) is 5.32 Å². The first-order valence-electron chi connectivity index (χ1n) is 5.80. The van der Waals surface area contributed by atoms with Crippen LogP contribution in [-0.4, -0.2) is 9.97 Å². The largest absolute Gasteiger partial charge is 0.363 e. The van der Waals surface area contributed by atoms with Gasteiger partial charge in [-0.25, -0.2) is 9.97 Å². The minimum atomic E-state index is 0.226. The lowest BCUT2D eigenvalue weighted by Gasteiger charge is -2.14. The molecular formula is C13H16BrN3S. The van der Waals surface area contributed by atoms with E-state index in [4.69, 9.17) is 0 Å². The highest BCUT2D eigenvalue weighted by Gasteiger charge is 2.13. The van der Waals surface area contributed by atoms with E-state index in [-0.39, 0.29) is 6.04 Å². The van der Waals surface area contributed by atoms with Crippen molar-refractivity contribution in [2.24, 2.45) is 0 Å². The van der Waals surface area contributed by atoms with Crippen LogP contribution in [0.25, 0.3) is 0 Å². The Hall–Kier alpha value is -0.940. The van der Waals surface area contributed by atoms with Crippen LogP contribution in [0.2, 0.25) is 0 Å². The molecule has 0 fully saturated rings. The van der Waals surface area contributed by atoms with E-state index in [9.17, 15) is 0 Å². The first-order chi connectivity index (χ1) is 8.47. The molecule has 0 bridgehead atoms. The summed E-state index contributed by atoms with van der Waals surface area (Å²) in [6.45, 7) is 8.29. The fourth-order valence-electron chi connectivity index (χ4n) is 1.85. The minimum absolute atomic E-state index is 0.226. The van der Waals surface area contributed by atoms with E-state index >= 15 is 0 Å². The maximum absolute atomic E-state index is 4.46. The number of pyridine rings is 1. The van der Waals surface area contributed by atoms with E-state index in [0.717, 1.165) is 21.0 Å². The number of aromatic nitrogens is 2. The van der Waals surface area contributed by atoms with E-state index in [1.54, 1.807) is 11.3 Å². The first-order valence-corrected chi connectivity index (χ1v) is 7.41. The maximum atomic E-state index is 4.46. The van der Waals surface area contributed by atoms with E-state index in [0.29, 0.717) is 0 Å². The SMILES string of the molecule is Cc1nc(C)c(C(C)Nc2cc(C)c(Br)cn2)s1. The number of halogens is 1. The zero-order valence-electron chi connectivity index (χ0n) is 10.9. The van der Waals surface area contributed by atoms with Crippen LogP contribution in [0, 0.1) is 20.8 Å². The summed E-state index contributed by atoms with van der Waals surface area (Å²) in [5.74, 6) is 0.897. The molecule has 5 heteroatoms. The van der Waals surface area contributed by atoms with Gasteiger partial charge in [0.05, 0.1) is 16.7 Å². The van der Waals surface area contributed by atoms with Crippen molar-refractivity contribution >= 4 is 33.1 Å². The molecule has 96 valence electrons. The molecular weight excluding hydrogens is 310 g/mol. The van der Waals surface area contributed by atoms with Crippen LogP contribution in [0.15, 0.2) is 16.7 Å². The van der Waals surface area contributed by atoms with Gasteiger partial charge in [0.25, 0.3) is 0 Å². The Balaban J connectivity index is 2.18. The number of aryl methyl sites for hydroxylation is 3. The molecule has 18 heavy (non-hydrogen) atoms. The van der Waals surface area contributed by atoms with Crippen LogP contribution < -0.4 is 5.32 Å². The number of nitrogens with zero attached hydrogens (tertiary/aromatic N) is 2. The van der Waals surface area contributed by atoms with E-state index in [1.165, 1.54) is 10.4 Å². The molecule has 1 unspecified atom stereocenters. The van der Waals surface area contributed by atoms with Crippen LogP contribution in [0.3, 0.4) is 0 Å². The van der Waals surface area contributed by atoms with Crippen molar-refractivity contribution in [3.63, 3.8) is 0 Å². The average Bonchev–Trinajstić information content (AvgIpc) is 2.63. The second-order valence-corrected chi connectivity index (χ2v) is 6.46. The fraction of sp³-hybridized carbons (Fsp3) is 0.385. The smallest absolute Gasteiger partial charge is 0.126 e. The highest BCUT2D eigenvalue weighted by Crippen LogP contribution is 2.27. The number of rotatable bonds is 3. The number of hydrogen-bond donors (Lipinski definition) is 1. The molecule has 1 N–H and O–H groups in total. The highest BCUT2D eigenvalue weighted by molar-refractivity contribution is 9.10. The second-order valence-electron chi connectivity index (χ2n) is 4.37. The van der Waals surface area contributed by atoms with Gasteiger partial charge in [-0.05, 0) is 55.3 Å². The lowest BCUT2D eigenvalue weighted by atomic mass is 10.2. The number of hydrogen-bond acceptors (Lipinski definition) is 4. The van der Waals surface area contributed by atoms with Gasteiger partial charge in [0, 0.05) is 15.5 Å². The van der Waals surface area contributed by atoms with Crippen molar-refractivity contribution in [3.05, 3.63) is 37.9 Å². The van der Waals surface area contributed by atoms with Gasteiger partial charge < -0.3 is 5.32 Å². The summed E-state index contributed by atoms with van der Waals surface area (Å²) in [4.78, 5) is 10.1. The number of thiazole rings is 1. The van der Waals surface area contributed by atoms with Crippen molar-refractivity contribution < 1.29 is 0 Å². The molecule has 2 heterocycles. The third-order valence-electron chi connectivity index (χ3n) is 2.74. The summed E-state index contributed by atoms with van der Waals surface area (Å²) in [6, 6.07) is 2.27. The quantitative estimate of drug-likeness (QED) is 0.908. The molecule has 0 saturated carbocycles. The normalized spacial score (nSPS) is 12.5. The molecule has 0 aliphatic carbocycles. The van der Waals surface area contributed by atoms with Crippen molar-refractivity contribution in [1.29, 1.82) is 0 Å². The Labute approximate surface area is 120 Å². The molecule has 0 radical (unpaired) electrons. The van der Waals surface area contributed by atoms with Crippen LogP contribution in [0.1, 0.15) is 34.1 Å². The Morgan fingerprint density at radius 2 is 2.06 bits per heavy atom. The third-order valence-corrected chi connectivity index (χ3v) is 4.83. The molecule has 0 aliphatic rings. The molecule has 2 rings (SSSR count). The molecule has 0 aliphatic heterocycles. The van der Waals surface area contributed by atoms with Gasteiger partial charge in [0.1, 0.15) is 5.82 Å². The molecule has 0 amide bonds. The van der Waals surface area contributed by atoms with Crippen molar-refractivity contribution in [3.8, 4) is 0 Å². The predicted molar refractivity (Wildman–Crippen MR) is 80.3 cm³/mol. The number of anilines is 1. The van der Waals surface area contributed by atoms with Gasteiger partial charge in [-0.1, -0.05) is 0 Å². The summed E-state index contributed by atoms with van der Waals surface area (Å²) in [5.41, 5.74) is 2.28. The molecule has 3 nitrogen and oxygen atoms in total. The number of nitrogens with one attached hydrogen (secondary N) is 1. The lowest BCUT2D eigenvalue weighted by molar-refractivity contribution is 0.879. The Bertz CT molecular complexity index is 565. The summed E-state index contributed by atoms with van der Waals surface area (Å²) in [5, 5.41) is 4.53. The average molecular weight is 326 g/mol. The van der Waals surface area contributed by atoms with E-state index in [2.05, 4.69) is 52.0 Å². The standard InChI is InChI=1S/C13H16BrN3S/c1-7-5-12(15-6-11(7)14)17-9(3)13-8(2)16-10(4)18-13/h5-6,9H,1-4H3,(H,15,17). The Kier molecular flexibility index (Phi) is 4.02. The summed E-state index contributed by atoms with van der Waals surface area (Å²) in [7, 11) is 0. The highest BCUT2D eigenvalue weighted by atomic mass is 79.9. The van der Waals surface area contributed by atoms with Crippen LogP contribution in [0.5, 0.6) is 0 Å². The van der Waals surface area contributed by atoms with Gasteiger partial charge in [0.2, 0.25) is 0 Å². The van der Waals surface area contributed by atoms with Crippen LogP contribution in [0.4, 0.5) is 5.82 Å². The minimum Gasteiger partial charge on any atom is -0.363 e. The Morgan fingerprint density at radius 1 is 1.33 bits per heavy atom. The van der Waals surface area contributed by atoms with Gasteiger partial charge in [-0.2, -0.15) is 0 Å². The molecule has 0 aromatic carbocycles. The summed E-state index contributed by atoms with van der Waals surface area (Å²) >= 11 is 5.20. The molecule has 0 spiro atoms. The summed E-state index contributed by atoms with van der Waals surface area (Å²) < 4.78 is 1.03. The van der Waals surface area contributed by atoms with Crippen molar-refractivity contribution in [1.82, 2.24) is 9.97 Å². The lowest BCUT2D eigenvalue weighted by Crippen LogP contribution is -2.07. The zero-order chi connectivity index (χ0) is 13.3. The molecule has 2 aromatic rings. The van der Waals surface area contributed by atoms with E-state index in [1.807, 2.05) is 19.2 Å². The van der Waals surface area contributed by atoms with Crippen LogP contribution in [-0.2, 0) is 0 Å². The van der Waals surface area contributed by atoms with Gasteiger partial charge in [-0.3, -0.25) is 0 Å². The molecule has 0 saturated heterocycles. The van der Waals surface area contributed by atoms with Crippen LogP contribution >= 0.6 is 27.3 Å². The van der Waals surface area contributed by atoms with Gasteiger partial charge in [0.15, 0.2) is 0 Å². The summed E-state index contributed by atoms with van der Waals surface area (Å²) in [6.07, 6.45) is 1.83. The maximum Gasteiger partial charge on any atom is 0.126 e. The second kappa shape index (κ2) is 5.36. The first kappa shape index (κ1) is 13.5. The molecule has 2 aromatic heterocycles. The fourth-order valence-corrected chi connectivity index (χ4v) is 3.00. The predicted octanol–water partition coefficient (Wildman–Crippen LogP) is 4.40. The van der Waals surface area contributed by atoms with Gasteiger partial charge >= 0.3 is 0 Å².